The normalized spacial score (nSPS) is 20.8. The van der Waals surface area contributed by atoms with Crippen LogP contribution >= 0.6 is 12.4 Å². The number of hydrogen-bond acceptors (Lipinski definition) is 1. The lowest BCUT2D eigenvalue weighted by molar-refractivity contribution is 0.369. The average Bonchev–Trinajstić information content (AvgIpc) is 1.99. The van der Waals surface area contributed by atoms with Crippen LogP contribution in [0, 0.1) is 0 Å². The van der Waals surface area contributed by atoms with Crippen LogP contribution in [0.25, 0.3) is 0 Å². The minimum atomic E-state index is 0. The highest BCUT2D eigenvalue weighted by molar-refractivity contribution is 5.85. The Morgan fingerprint density at radius 2 is 1.92 bits per heavy atom. The van der Waals surface area contributed by atoms with Crippen molar-refractivity contribution in [1.29, 1.82) is 0 Å². The summed E-state index contributed by atoms with van der Waals surface area (Å²) in [5, 5.41) is 3.39. The molecule has 1 aliphatic heterocycles. The molecule has 1 heterocycles. The Bertz CT molecular complexity index is 219. The zero-order chi connectivity index (χ0) is 7.52. The van der Waals surface area contributed by atoms with Crippen molar-refractivity contribution < 1.29 is 0 Å². The minimum Gasteiger partial charge on any atom is -0.314 e. The molecule has 1 atom stereocenters. The highest BCUT2D eigenvalue weighted by Crippen LogP contribution is 2.09. The molecule has 12 heavy (non-hydrogen) atoms. The summed E-state index contributed by atoms with van der Waals surface area (Å²) < 4.78 is 0. The van der Waals surface area contributed by atoms with Gasteiger partial charge >= 0.3 is 0 Å². The molecule has 2 heteroatoms. The molecule has 1 saturated heterocycles. The molecule has 1 fully saturated rings. The molecule has 1 aromatic rings. The average molecular weight is 184 g/mol. The van der Waals surface area contributed by atoms with E-state index in [-0.39, 0.29) is 12.4 Å². The topological polar surface area (TPSA) is 12.0 Å². The summed E-state index contributed by atoms with van der Waals surface area (Å²) in [5.41, 5.74) is 1.45. The van der Waals surface area contributed by atoms with E-state index in [1.165, 1.54) is 24.9 Å². The largest absolute Gasteiger partial charge is 0.314 e. The van der Waals surface area contributed by atoms with Gasteiger partial charge in [-0.05, 0) is 24.9 Å². The van der Waals surface area contributed by atoms with E-state index in [0.717, 1.165) is 6.04 Å². The second kappa shape index (κ2) is 4.48. The first kappa shape index (κ1) is 9.56. The fraction of sp³-hybridized carbons (Fsp3) is 0.400. The van der Waals surface area contributed by atoms with E-state index in [4.69, 9.17) is 0 Å². The quantitative estimate of drug-likeness (QED) is 0.740. The van der Waals surface area contributed by atoms with Crippen LogP contribution in [0.15, 0.2) is 30.3 Å². The number of halogens is 1. The van der Waals surface area contributed by atoms with Crippen molar-refractivity contribution in [3.05, 3.63) is 35.9 Å². The fourth-order valence-corrected chi connectivity index (χ4v) is 1.42. The van der Waals surface area contributed by atoms with Crippen molar-refractivity contribution in [1.82, 2.24) is 5.32 Å². The minimum absolute atomic E-state index is 0. The van der Waals surface area contributed by atoms with Gasteiger partial charge in [-0.3, -0.25) is 0 Å². The van der Waals surface area contributed by atoms with Crippen molar-refractivity contribution in [2.24, 2.45) is 0 Å². The Labute approximate surface area is 79.6 Å². The van der Waals surface area contributed by atoms with Gasteiger partial charge in [-0.2, -0.15) is 0 Å². The van der Waals surface area contributed by atoms with E-state index in [2.05, 4.69) is 35.6 Å². The van der Waals surface area contributed by atoms with Crippen LogP contribution in [0.2, 0.25) is 0 Å². The van der Waals surface area contributed by atoms with Crippen molar-refractivity contribution >= 4 is 12.4 Å². The van der Waals surface area contributed by atoms with Gasteiger partial charge < -0.3 is 5.32 Å². The van der Waals surface area contributed by atoms with E-state index >= 15 is 0 Å². The first-order valence-electron chi connectivity index (χ1n) is 4.22. The van der Waals surface area contributed by atoms with Gasteiger partial charge in [0.1, 0.15) is 0 Å². The number of benzene rings is 1. The molecule has 0 radical (unpaired) electrons. The van der Waals surface area contributed by atoms with Crippen molar-refractivity contribution in [2.45, 2.75) is 18.9 Å². The summed E-state index contributed by atoms with van der Waals surface area (Å²) in [6.07, 6.45) is 2.54. The molecule has 66 valence electrons. The van der Waals surface area contributed by atoms with E-state index in [1.807, 2.05) is 0 Å². The summed E-state index contributed by atoms with van der Waals surface area (Å²) in [7, 11) is 0. The second-order valence-electron chi connectivity index (χ2n) is 3.13. The number of rotatable bonds is 2. The van der Waals surface area contributed by atoms with Crippen LogP contribution in [0.3, 0.4) is 0 Å². The number of hydrogen-bond donors (Lipinski definition) is 1. The van der Waals surface area contributed by atoms with Crippen LogP contribution in [0.5, 0.6) is 0 Å². The molecule has 0 unspecified atom stereocenters. The summed E-state index contributed by atoms with van der Waals surface area (Å²) in [4.78, 5) is 0. The molecule has 2 rings (SSSR count). The molecule has 1 aliphatic rings. The lowest BCUT2D eigenvalue weighted by Gasteiger charge is -2.27. The monoisotopic (exact) mass is 183 g/mol. The predicted octanol–water partition coefficient (Wildman–Crippen LogP) is 2.01. The maximum atomic E-state index is 3.39. The molecule has 0 saturated carbocycles. The molecule has 0 aliphatic carbocycles. The van der Waals surface area contributed by atoms with E-state index in [1.54, 1.807) is 0 Å². The van der Waals surface area contributed by atoms with Crippen LogP contribution in [0.4, 0.5) is 0 Å². The molecule has 0 bridgehead atoms. The van der Waals surface area contributed by atoms with Crippen molar-refractivity contribution in [3.63, 3.8) is 0 Å². The van der Waals surface area contributed by atoms with Gasteiger partial charge in [0, 0.05) is 6.04 Å². The Morgan fingerprint density at radius 3 is 2.42 bits per heavy atom. The second-order valence-corrected chi connectivity index (χ2v) is 3.13. The van der Waals surface area contributed by atoms with Gasteiger partial charge in [-0.15, -0.1) is 12.4 Å². The lowest BCUT2D eigenvalue weighted by atomic mass is 9.98. The Balaban J connectivity index is 0.000000720. The maximum absolute atomic E-state index is 3.39. The first-order valence-corrected chi connectivity index (χ1v) is 4.22. The van der Waals surface area contributed by atoms with Gasteiger partial charge in [0.05, 0.1) is 0 Å². The van der Waals surface area contributed by atoms with Gasteiger partial charge in [-0.1, -0.05) is 30.3 Å². The van der Waals surface area contributed by atoms with E-state index in [0.29, 0.717) is 0 Å². The number of nitrogens with one attached hydrogen (secondary N) is 1. The van der Waals surface area contributed by atoms with Gasteiger partial charge in [-0.25, -0.2) is 0 Å². The standard InChI is InChI=1S/C10H13N.ClH/c1-2-4-9(5-3-1)8-10-6-7-11-10;/h1-5,10-11H,6-8H2;1H/t10-;/m1./s1. The summed E-state index contributed by atoms with van der Waals surface area (Å²) in [6.45, 7) is 1.21. The van der Waals surface area contributed by atoms with Crippen LogP contribution < -0.4 is 5.32 Å². The Kier molecular flexibility index (Phi) is 3.57. The fourth-order valence-electron chi connectivity index (χ4n) is 1.42. The molecule has 0 amide bonds. The third-order valence-electron chi connectivity index (χ3n) is 2.25. The maximum Gasteiger partial charge on any atom is 0.0120 e. The lowest BCUT2D eigenvalue weighted by Crippen LogP contribution is -2.44. The Morgan fingerprint density at radius 1 is 1.25 bits per heavy atom. The molecule has 1 N–H and O–H groups in total. The predicted molar refractivity (Wildman–Crippen MR) is 53.8 cm³/mol. The van der Waals surface area contributed by atoms with Crippen LogP contribution in [-0.2, 0) is 6.42 Å². The van der Waals surface area contributed by atoms with E-state index < -0.39 is 0 Å². The van der Waals surface area contributed by atoms with Gasteiger partial charge in [0.15, 0.2) is 0 Å². The van der Waals surface area contributed by atoms with Crippen molar-refractivity contribution in [3.8, 4) is 0 Å². The molecule has 0 spiro atoms. The zero-order valence-electron chi connectivity index (χ0n) is 6.99. The van der Waals surface area contributed by atoms with Gasteiger partial charge in [0.25, 0.3) is 0 Å². The molecule has 1 aromatic carbocycles. The molecular formula is C10H14ClN. The highest BCUT2D eigenvalue weighted by atomic mass is 35.5. The molecule has 1 nitrogen and oxygen atoms in total. The Hall–Kier alpha value is -0.530. The van der Waals surface area contributed by atoms with Crippen LogP contribution in [0.1, 0.15) is 12.0 Å². The SMILES string of the molecule is Cl.c1ccc(C[C@H]2CCN2)cc1. The van der Waals surface area contributed by atoms with Gasteiger partial charge in [0.2, 0.25) is 0 Å². The highest BCUT2D eigenvalue weighted by Gasteiger charge is 2.15. The van der Waals surface area contributed by atoms with Crippen LogP contribution in [-0.4, -0.2) is 12.6 Å². The summed E-state index contributed by atoms with van der Waals surface area (Å²) in [5.74, 6) is 0. The summed E-state index contributed by atoms with van der Waals surface area (Å²) >= 11 is 0. The van der Waals surface area contributed by atoms with E-state index in [9.17, 15) is 0 Å². The molecule has 0 aromatic heterocycles. The summed E-state index contributed by atoms with van der Waals surface area (Å²) in [6, 6.07) is 11.4. The first-order chi connectivity index (χ1) is 5.45. The van der Waals surface area contributed by atoms with Crippen molar-refractivity contribution in [2.75, 3.05) is 6.54 Å². The third kappa shape index (κ3) is 2.23. The smallest absolute Gasteiger partial charge is 0.0120 e. The third-order valence-corrected chi connectivity index (χ3v) is 2.25. The molecular weight excluding hydrogens is 170 g/mol. The zero-order valence-corrected chi connectivity index (χ0v) is 7.81.